The molecule has 9 heteroatoms. The normalized spacial score (nSPS) is 12.8. The fourth-order valence-electron chi connectivity index (χ4n) is 4.26. The SMILES string of the molecule is N=C(N)c1ccc(CCC(=O)[C@H](CCc2ccccc2)NC(=O)[C@@H](CO)CS(=O)(=O)Cc2ccccc2)cc1. The Balaban J connectivity index is 1.67. The number of benzene rings is 3. The van der Waals surface area contributed by atoms with Gasteiger partial charge in [0.2, 0.25) is 5.91 Å². The summed E-state index contributed by atoms with van der Waals surface area (Å²) in [7, 11) is -3.69. The predicted molar refractivity (Wildman–Crippen MR) is 152 cm³/mol. The third kappa shape index (κ3) is 9.77. The molecule has 39 heavy (non-hydrogen) atoms. The Bertz CT molecular complexity index is 1340. The van der Waals surface area contributed by atoms with E-state index in [-0.39, 0.29) is 23.8 Å². The van der Waals surface area contributed by atoms with E-state index in [0.717, 1.165) is 11.1 Å². The second kappa shape index (κ2) is 14.4. The fraction of sp³-hybridized carbons (Fsp3) is 0.300. The van der Waals surface area contributed by atoms with Gasteiger partial charge in [-0.2, -0.15) is 0 Å². The summed E-state index contributed by atoms with van der Waals surface area (Å²) in [6, 6.07) is 24.4. The Kier molecular flexibility index (Phi) is 11.0. The maximum Gasteiger partial charge on any atom is 0.227 e. The summed E-state index contributed by atoms with van der Waals surface area (Å²) in [5.41, 5.74) is 8.59. The van der Waals surface area contributed by atoms with E-state index >= 15 is 0 Å². The van der Waals surface area contributed by atoms with Crippen LogP contribution in [0.5, 0.6) is 0 Å². The van der Waals surface area contributed by atoms with E-state index < -0.39 is 40.1 Å². The van der Waals surface area contributed by atoms with Gasteiger partial charge in [-0.25, -0.2) is 8.42 Å². The number of aliphatic hydroxyl groups excluding tert-OH is 1. The lowest BCUT2D eigenvalue weighted by atomic mass is 9.97. The Hall–Kier alpha value is -3.82. The van der Waals surface area contributed by atoms with Gasteiger partial charge < -0.3 is 16.2 Å². The molecule has 0 bridgehead atoms. The van der Waals surface area contributed by atoms with Crippen molar-refractivity contribution in [2.24, 2.45) is 11.7 Å². The van der Waals surface area contributed by atoms with E-state index in [2.05, 4.69) is 5.32 Å². The first-order chi connectivity index (χ1) is 18.7. The molecule has 1 amide bonds. The highest BCUT2D eigenvalue weighted by molar-refractivity contribution is 7.90. The van der Waals surface area contributed by atoms with Crippen LogP contribution >= 0.6 is 0 Å². The molecule has 3 rings (SSSR count). The molecule has 0 unspecified atom stereocenters. The number of amidine groups is 1. The van der Waals surface area contributed by atoms with Crippen molar-refractivity contribution < 1.29 is 23.1 Å². The molecule has 0 spiro atoms. The Morgan fingerprint density at radius 1 is 0.846 bits per heavy atom. The molecular formula is C30H35N3O5S. The number of nitrogens with one attached hydrogen (secondary N) is 2. The number of aryl methyl sites for hydroxylation is 2. The topological polar surface area (TPSA) is 150 Å². The summed E-state index contributed by atoms with van der Waals surface area (Å²) in [4.78, 5) is 26.3. The average molecular weight is 550 g/mol. The van der Waals surface area contributed by atoms with E-state index in [9.17, 15) is 23.1 Å². The van der Waals surface area contributed by atoms with Crippen LogP contribution in [0, 0.1) is 11.3 Å². The highest BCUT2D eigenvalue weighted by Crippen LogP contribution is 2.14. The van der Waals surface area contributed by atoms with Crippen LogP contribution in [-0.4, -0.2) is 49.5 Å². The first-order valence-electron chi connectivity index (χ1n) is 12.8. The zero-order valence-corrected chi connectivity index (χ0v) is 22.6. The number of hydrogen-bond acceptors (Lipinski definition) is 6. The van der Waals surface area contributed by atoms with Crippen molar-refractivity contribution in [1.29, 1.82) is 5.41 Å². The highest BCUT2D eigenvalue weighted by Gasteiger charge is 2.29. The molecule has 0 aromatic heterocycles. The minimum Gasteiger partial charge on any atom is -0.396 e. The van der Waals surface area contributed by atoms with Gasteiger partial charge in [0.15, 0.2) is 15.6 Å². The molecule has 0 aliphatic heterocycles. The molecular weight excluding hydrogens is 514 g/mol. The summed E-state index contributed by atoms with van der Waals surface area (Å²) < 4.78 is 25.5. The monoisotopic (exact) mass is 549 g/mol. The maximum absolute atomic E-state index is 13.2. The van der Waals surface area contributed by atoms with Crippen molar-refractivity contribution in [2.45, 2.75) is 37.5 Å². The first kappa shape index (κ1) is 29.7. The Labute approximate surface area is 229 Å². The molecule has 2 atom stereocenters. The molecule has 0 radical (unpaired) electrons. The van der Waals surface area contributed by atoms with Gasteiger partial charge in [-0.1, -0.05) is 84.9 Å². The van der Waals surface area contributed by atoms with E-state index in [1.165, 1.54) is 0 Å². The van der Waals surface area contributed by atoms with Crippen molar-refractivity contribution in [2.75, 3.05) is 12.4 Å². The number of ketones is 1. The standard InChI is InChI=1S/C30H35N3O5S/c31-29(32)25-15-11-23(12-16-25)14-18-28(35)27(17-13-22-7-3-1-4-8-22)33-30(36)26(19-34)21-39(37,38)20-24-9-5-2-6-10-24/h1-12,15-16,26-27,34H,13-14,17-21H2,(H3,31,32)(H,33,36)/t26-,27-/m0/s1. The minimum atomic E-state index is -3.69. The number of hydrogen-bond donors (Lipinski definition) is 4. The number of rotatable bonds is 15. The van der Waals surface area contributed by atoms with Gasteiger partial charge in [0.25, 0.3) is 0 Å². The van der Waals surface area contributed by atoms with Gasteiger partial charge >= 0.3 is 0 Å². The van der Waals surface area contributed by atoms with Crippen molar-refractivity contribution in [1.82, 2.24) is 5.32 Å². The number of carbonyl (C=O) groups is 2. The van der Waals surface area contributed by atoms with Crippen molar-refractivity contribution in [3.63, 3.8) is 0 Å². The summed E-state index contributed by atoms with van der Waals surface area (Å²) in [5, 5.41) is 20.1. The third-order valence-corrected chi connectivity index (χ3v) is 8.15. The lowest BCUT2D eigenvalue weighted by molar-refractivity contribution is -0.130. The average Bonchev–Trinajstić information content (AvgIpc) is 2.93. The van der Waals surface area contributed by atoms with Gasteiger partial charge in [0, 0.05) is 12.0 Å². The Morgan fingerprint density at radius 2 is 1.41 bits per heavy atom. The number of sulfone groups is 1. The molecule has 3 aromatic carbocycles. The zero-order chi connectivity index (χ0) is 28.3. The van der Waals surface area contributed by atoms with E-state index in [1.807, 2.05) is 30.3 Å². The number of Topliss-reactive ketones (excluding diaryl/α,β-unsaturated/α-hetero) is 1. The quantitative estimate of drug-likeness (QED) is 0.169. The molecule has 8 nitrogen and oxygen atoms in total. The molecule has 0 saturated carbocycles. The van der Waals surface area contributed by atoms with Crippen molar-refractivity contribution >= 4 is 27.4 Å². The summed E-state index contributed by atoms with van der Waals surface area (Å²) in [6.07, 6.45) is 1.48. The van der Waals surface area contributed by atoms with E-state index in [1.54, 1.807) is 54.6 Å². The lowest BCUT2D eigenvalue weighted by Crippen LogP contribution is -2.46. The molecule has 0 aliphatic rings. The summed E-state index contributed by atoms with van der Waals surface area (Å²) in [5.74, 6) is -2.83. The molecule has 0 heterocycles. The van der Waals surface area contributed by atoms with Crippen LogP contribution in [0.4, 0.5) is 0 Å². The van der Waals surface area contributed by atoms with Gasteiger partial charge in [-0.05, 0) is 36.0 Å². The van der Waals surface area contributed by atoms with Crippen molar-refractivity contribution in [3.8, 4) is 0 Å². The van der Waals surface area contributed by atoms with E-state index in [0.29, 0.717) is 30.4 Å². The third-order valence-electron chi connectivity index (χ3n) is 6.47. The molecule has 0 saturated heterocycles. The molecule has 206 valence electrons. The van der Waals surface area contributed by atoms with Gasteiger partial charge in [-0.15, -0.1) is 0 Å². The van der Waals surface area contributed by atoms with Crippen molar-refractivity contribution in [3.05, 3.63) is 107 Å². The number of carbonyl (C=O) groups excluding carboxylic acids is 2. The van der Waals surface area contributed by atoms with Gasteiger partial charge in [0.1, 0.15) is 5.84 Å². The summed E-state index contributed by atoms with van der Waals surface area (Å²) in [6.45, 7) is -0.651. The van der Waals surface area contributed by atoms with Crippen LogP contribution in [0.25, 0.3) is 0 Å². The molecule has 0 aliphatic carbocycles. The number of nitrogens with two attached hydrogens (primary N) is 1. The zero-order valence-electron chi connectivity index (χ0n) is 21.8. The smallest absolute Gasteiger partial charge is 0.227 e. The van der Waals surface area contributed by atoms with Crippen LogP contribution in [0.2, 0.25) is 0 Å². The highest BCUT2D eigenvalue weighted by atomic mass is 32.2. The number of amides is 1. The fourth-order valence-corrected chi connectivity index (χ4v) is 5.94. The number of nitrogen functional groups attached to an aromatic ring is 1. The second-order valence-electron chi connectivity index (χ2n) is 9.58. The van der Waals surface area contributed by atoms with Gasteiger partial charge in [-0.3, -0.25) is 15.0 Å². The molecule has 3 aromatic rings. The van der Waals surface area contributed by atoms with Gasteiger partial charge in [0.05, 0.1) is 30.1 Å². The summed E-state index contributed by atoms with van der Waals surface area (Å²) >= 11 is 0. The number of aliphatic hydroxyl groups is 1. The second-order valence-corrected chi connectivity index (χ2v) is 11.7. The van der Waals surface area contributed by atoms with Crippen LogP contribution < -0.4 is 11.1 Å². The van der Waals surface area contributed by atoms with Crippen LogP contribution in [0.1, 0.15) is 35.1 Å². The lowest BCUT2D eigenvalue weighted by Gasteiger charge is -2.21. The van der Waals surface area contributed by atoms with E-state index in [4.69, 9.17) is 11.1 Å². The Morgan fingerprint density at radius 3 is 1.97 bits per heavy atom. The van der Waals surface area contributed by atoms with Crippen LogP contribution in [0.3, 0.4) is 0 Å². The molecule has 5 N–H and O–H groups in total. The largest absolute Gasteiger partial charge is 0.396 e. The minimum absolute atomic E-state index is 0.0365. The van der Waals surface area contributed by atoms with Crippen LogP contribution in [0.15, 0.2) is 84.9 Å². The maximum atomic E-state index is 13.2. The molecule has 0 fully saturated rings. The van der Waals surface area contributed by atoms with Crippen LogP contribution in [-0.2, 0) is 38.0 Å². The first-order valence-corrected chi connectivity index (χ1v) is 14.6. The predicted octanol–water partition coefficient (Wildman–Crippen LogP) is 2.81.